The molecule has 2 aromatic carbocycles. The van der Waals surface area contributed by atoms with E-state index >= 15 is 0 Å². The third-order valence-electron chi connectivity index (χ3n) is 4.70. The number of thiocarbonyl (C=S) groups is 1. The molecule has 0 radical (unpaired) electrons. The van der Waals surface area contributed by atoms with Crippen molar-refractivity contribution in [3.8, 4) is 0 Å². The van der Waals surface area contributed by atoms with E-state index in [0.717, 1.165) is 25.2 Å². The molecule has 2 aliphatic heterocycles. The van der Waals surface area contributed by atoms with Gasteiger partial charge in [-0.25, -0.2) is 0 Å². The average Bonchev–Trinajstić information content (AvgIpc) is 3.11. The van der Waals surface area contributed by atoms with Crippen LogP contribution in [0, 0.1) is 0 Å². The van der Waals surface area contributed by atoms with Crippen LogP contribution in [0.3, 0.4) is 0 Å². The van der Waals surface area contributed by atoms with Crippen LogP contribution in [-0.4, -0.2) is 35.6 Å². The summed E-state index contributed by atoms with van der Waals surface area (Å²) in [6, 6.07) is 15.3. The smallest absolute Gasteiger partial charge is 0.104 e. The molecule has 4 rings (SSSR count). The fourth-order valence-corrected chi connectivity index (χ4v) is 4.72. The molecule has 25 heavy (non-hydrogen) atoms. The lowest BCUT2D eigenvalue weighted by Crippen LogP contribution is -2.40. The Labute approximate surface area is 158 Å². The van der Waals surface area contributed by atoms with E-state index in [1.807, 2.05) is 17.8 Å². The summed E-state index contributed by atoms with van der Waals surface area (Å²) in [5.41, 5.74) is 9.28. The highest BCUT2D eigenvalue weighted by molar-refractivity contribution is 7.99. The van der Waals surface area contributed by atoms with Gasteiger partial charge in [0.25, 0.3) is 0 Å². The molecule has 0 saturated carbocycles. The maximum atomic E-state index is 5.88. The van der Waals surface area contributed by atoms with E-state index in [9.17, 15) is 0 Å². The van der Waals surface area contributed by atoms with E-state index in [0.29, 0.717) is 11.0 Å². The van der Waals surface area contributed by atoms with E-state index in [1.165, 1.54) is 21.2 Å². The summed E-state index contributed by atoms with van der Waals surface area (Å²) in [5, 5.41) is 0. The highest BCUT2D eigenvalue weighted by Crippen LogP contribution is 2.49. The first-order valence-corrected chi connectivity index (χ1v) is 9.73. The Morgan fingerprint density at radius 1 is 1.12 bits per heavy atom. The topological polar surface area (TPSA) is 32.5 Å². The van der Waals surface area contributed by atoms with Crippen molar-refractivity contribution in [2.75, 3.05) is 24.5 Å². The van der Waals surface area contributed by atoms with Gasteiger partial charge >= 0.3 is 0 Å². The quantitative estimate of drug-likeness (QED) is 0.647. The van der Waals surface area contributed by atoms with Gasteiger partial charge in [0.1, 0.15) is 4.99 Å². The number of hydrogen-bond donors (Lipinski definition) is 1. The summed E-state index contributed by atoms with van der Waals surface area (Å²) in [7, 11) is 0. The molecule has 1 atom stereocenters. The van der Waals surface area contributed by atoms with Crippen molar-refractivity contribution in [1.82, 2.24) is 4.90 Å². The summed E-state index contributed by atoms with van der Waals surface area (Å²) >= 11 is 7.02. The normalized spacial score (nSPS) is 17.2. The lowest BCUT2D eigenvalue weighted by molar-refractivity contribution is 0.331. The number of fused-ring (bicyclic) bond motifs is 2. The molecule has 2 aliphatic rings. The first-order valence-electron chi connectivity index (χ1n) is 8.51. The van der Waals surface area contributed by atoms with Gasteiger partial charge in [0.05, 0.1) is 11.4 Å². The van der Waals surface area contributed by atoms with Crippen molar-refractivity contribution in [3.05, 3.63) is 60.2 Å². The zero-order valence-corrected chi connectivity index (χ0v) is 15.8. The second-order valence-corrected chi connectivity index (χ2v) is 8.05. The summed E-state index contributed by atoms with van der Waals surface area (Å²) < 4.78 is 0. The standard InChI is InChI=1S/C20H21N3S2/c1-14(13-22-10-4-5-11-22)23-16-6-2-3-7-18(16)25-19-9-8-15(20(21)24)12-17(19)23/h2-9,12,14H,10-11,13H2,1H3,(H2,21,24). The highest BCUT2D eigenvalue weighted by atomic mass is 32.2. The molecule has 3 nitrogen and oxygen atoms in total. The first kappa shape index (κ1) is 16.6. The van der Waals surface area contributed by atoms with Gasteiger partial charge in [-0.3, -0.25) is 4.90 Å². The molecule has 2 heterocycles. The van der Waals surface area contributed by atoms with Crippen LogP contribution in [-0.2, 0) is 0 Å². The van der Waals surface area contributed by atoms with Crippen LogP contribution in [0.25, 0.3) is 0 Å². The van der Waals surface area contributed by atoms with Gasteiger partial charge in [0.2, 0.25) is 0 Å². The van der Waals surface area contributed by atoms with Crippen molar-refractivity contribution in [2.24, 2.45) is 5.73 Å². The number of benzene rings is 2. The van der Waals surface area contributed by atoms with Crippen molar-refractivity contribution in [3.63, 3.8) is 0 Å². The van der Waals surface area contributed by atoms with Crippen LogP contribution in [0.1, 0.15) is 12.5 Å². The monoisotopic (exact) mass is 367 g/mol. The van der Waals surface area contributed by atoms with Crippen molar-refractivity contribution >= 4 is 40.3 Å². The molecule has 5 heteroatoms. The van der Waals surface area contributed by atoms with Crippen LogP contribution >= 0.6 is 24.0 Å². The van der Waals surface area contributed by atoms with Crippen LogP contribution in [0.5, 0.6) is 0 Å². The number of rotatable bonds is 4. The van der Waals surface area contributed by atoms with E-state index in [-0.39, 0.29) is 0 Å². The Hall–Kier alpha value is -1.82. The van der Waals surface area contributed by atoms with E-state index < -0.39 is 0 Å². The molecule has 1 unspecified atom stereocenters. The maximum Gasteiger partial charge on any atom is 0.104 e. The molecule has 2 N–H and O–H groups in total. The van der Waals surface area contributed by atoms with Crippen LogP contribution in [0.2, 0.25) is 0 Å². The minimum Gasteiger partial charge on any atom is -0.389 e. The Bertz CT molecular complexity index is 839. The minimum atomic E-state index is 0.349. The van der Waals surface area contributed by atoms with Gasteiger partial charge in [-0.15, -0.1) is 0 Å². The maximum absolute atomic E-state index is 5.88. The third kappa shape index (κ3) is 3.19. The van der Waals surface area contributed by atoms with Gasteiger partial charge in [-0.1, -0.05) is 54.3 Å². The van der Waals surface area contributed by atoms with Gasteiger partial charge in [-0.2, -0.15) is 0 Å². The molecule has 0 aromatic heterocycles. The zero-order valence-electron chi connectivity index (χ0n) is 14.2. The van der Waals surface area contributed by atoms with Crippen LogP contribution in [0.4, 0.5) is 11.4 Å². The number of para-hydroxylation sites is 1. The Morgan fingerprint density at radius 2 is 1.84 bits per heavy atom. The lowest BCUT2D eigenvalue weighted by Gasteiger charge is -2.39. The van der Waals surface area contributed by atoms with Crippen molar-refractivity contribution < 1.29 is 0 Å². The minimum absolute atomic E-state index is 0.349. The largest absolute Gasteiger partial charge is 0.389 e. The first-order chi connectivity index (χ1) is 12.1. The predicted octanol–water partition coefficient (Wildman–Crippen LogP) is 4.18. The summed E-state index contributed by atoms with van der Waals surface area (Å²) in [5.74, 6) is 0. The lowest BCUT2D eigenvalue weighted by atomic mass is 10.1. The molecule has 0 aliphatic carbocycles. The fraction of sp³-hybridized carbons (Fsp3) is 0.250. The number of nitrogens with two attached hydrogens (primary N) is 1. The molecule has 0 fully saturated rings. The summed E-state index contributed by atoms with van der Waals surface area (Å²) in [4.78, 5) is 7.91. The van der Waals surface area contributed by atoms with Gasteiger partial charge < -0.3 is 10.6 Å². The number of hydrogen-bond acceptors (Lipinski definition) is 4. The Balaban J connectivity index is 1.75. The third-order valence-corrected chi connectivity index (χ3v) is 6.07. The highest BCUT2D eigenvalue weighted by Gasteiger charge is 2.28. The molecule has 128 valence electrons. The molecule has 0 saturated heterocycles. The second kappa shape index (κ2) is 6.83. The zero-order chi connectivity index (χ0) is 17.4. The van der Waals surface area contributed by atoms with Crippen molar-refractivity contribution in [2.45, 2.75) is 22.8 Å². The molecule has 2 aromatic rings. The predicted molar refractivity (Wildman–Crippen MR) is 110 cm³/mol. The summed E-state index contributed by atoms with van der Waals surface area (Å²) in [6.45, 7) is 5.38. The Morgan fingerprint density at radius 3 is 2.60 bits per heavy atom. The molecule has 0 amide bonds. The fourth-order valence-electron chi connectivity index (χ4n) is 3.54. The molecule has 0 spiro atoms. The van der Waals surface area contributed by atoms with Crippen LogP contribution < -0.4 is 10.6 Å². The van der Waals surface area contributed by atoms with Gasteiger partial charge in [0.15, 0.2) is 0 Å². The summed E-state index contributed by atoms with van der Waals surface area (Å²) in [6.07, 6.45) is 4.48. The van der Waals surface area contributed by atoms with Crippen LogP contribution in [0.15, 0.2) is 64.4 Å². The van der Waals surface area contributed by atoms with Crippen molar-refractivity contribution in [1.29, 1.82) is 0 Å². The SMILES string of the molecule is CC(CN1CC=CC1)N1c2ccccc2Sc2ccc(C(N)=S)cc21. The van der Waals surface area contributed by atoms with E-state index in [1.54, 1.807) is 0 Å². The van der Waals surface area contributed by atoms with E-state index in [4.69, 9.17) is 18.0 Å². The Kier molecular flexibility index (Phi) is 4.54. The second-order valence-electron chi connectivity index (χ2n) is 6.53. The van der Waals surface area contributed by atoms with E-state index in [2.05, 4.69) is 65.3 Å². The number of nitrogens with zero attached hydrogens (tertiary/aromatic N) is 2. The molecular formula is C20H21N3S2. The van der Waals surface area contributed by atoms with Gasteiger partial charge in [0, 0.05) is 41.0 Å². The van der Waals surface area contributed by atoms with Gasteiger partial charge in [-0.05, 0) is 31.2 Å². The number of anilines is 2. The molecular weight excluding hydrogens is 346 g/mol. The molecule has 0 bridgehead atoms. The average molecular weight is 368 g/mol.